The summed E-state index contributed by atoms with van der Waals surface area (Å²) < 4.78 is 0. The van der Waals surface area contributed by atoms with Crippen LogP contribution < -0.4 is 10.2 Å². The molecule has 0 saturated heterocycles. The van der Waals surface area contributed by atoms with Crippen molar-refractivity contribution in [3.63, 3.8) is 0 Å². The molecule has 0 radical (unpaired) electrons. The Morgan fingerprint density at radius 2 is 2.09 bits per heavy atom. The van der Waals surface area contributed by atoms with Crippen LogP contribution in [0.25, 0.3) is 0 Å². The van der Waals surface area contributed by atoms with Crippen LogP contribution in [0.5, 0.6) is 0 Å². The van der Waals surface area contributed by atoms with Gasteiger partial charge >= 0.3 is 0 Å². The molecule has 0 spiro atoms. The highest BCUT2D eigenvalue weighted by Crippen LogP contribution is 2.27. The molecule has 0 aliphatic carbocycles. The summed E-state index contributed by atoms with van der Waals surface area (Å²) in [6, 6.07) is 9.47. The fraction of sp³-hybridized carbons (Fsp3) is 0.278. The largest absolute Gasteiger partial charge is 0.326 e. The van der Waals surface area contributed by atoms with Gasteiger partial charge < -0.3 is 10.2 Å². The number of nitrogens with one attached hydrogen (secondary N) is 1. The molecule has 0 bridgehead atoms. The number of carbonyl (C=O) groups is 2. The van der Waals surface area contributed by atoms with Crippen molar-refractivity contribution >= 4 is 23.2 Å². The maximum absolute atomic E-state index is 12.2. The molecule has 3 rings (SSSR count). The molecule has 0 atom stereocenters. The molecule has 2 aromatic rings. The summed E-state index contributed by atoms with van der Waals surface area (Å²) in [4.78, 5) is 29.7. The summed E-state index contributed by atoms with van der Waals surface area (Å²) in [6.07, 6.45) is 3.25. The lowest BCUT2D eigenvalue weighted by Gasteiger charge is -2.26. The maximum atomic E-state index is 12.2. The fourth-order valence-corrected chi connectivity index (χ4v) is 2.83. The predicted molar refractivity (Wildman–Crippen MR) is 89.5 cm³/mol. The van der Waals surface area contributed by atoms with Gasteiger partial charge in [-0.25, -0.2) is 0 Å². The van der Waals surface area contributed by atoms with Crippen LogP contribution in [-0.2, 0) is 22.4 Å². The molecule has 1 aliphatic heterocycles. The number of anilines is 2. The number of hydrogen-bond acceptors (Lipinski definition) is 3. The molecule has 1 N–H and O–H groups in total. The Bertz CT molecular complexity index is 771. The first-order chi connectivity index (χ1) is 11.0. The molecular weight excluding hydrogens is 290 g/mol. The van der Waals surface area contributed by atoms with Crippen molar-refractivity contribution in [3.05, 3.63) is 53.3 Å². The van der Waals surface area contributed by atoms with Crippen LogP contribution in [-0.4, -0.2) is 23.8 Å². The number of amides is 2. The van der Waals surface area contributed by atoms with E-state index in [1.807, 2.05) is 31.2 Å². The number of carbonyl (C=O) groups excluding carboxylic acids is 2. The lowest BCUT2D eigenvalue weighted by molar-refractivity contribution is -0.118. The van der Waals surface area contributed by atoms with Crippen molar-refractivity contribution in [2.75, 3.05) is 17.3 Å². The summed E-state index contributed by atoms with van der Waals surface area (Å²) in [5.41, 5.74) is 4.64. The van der Waals surface area contributed by atoms with Crippen molar-refractivity contribution in [1.29, 1.82) is 0 Å². The third kappa shape index (κ3) is 3.39. The van der Waals surface area contributed by atoms with E-state index in [9.17, 15) is 9.59 Å². The molecule has 118 valence electrons. The third-order valence-electron chi connectivity index (χ3n) is 4.03. The molecule has 0 unspecified atom stereocenters. The Labute approximate surface area is 135 Å². The zero-order chi connectivity index (χ0) is 16.4. The van der Waals surface area contributed by atoms with Crippen LogP contribution in [0.4, 0.5) is 11.4 Å². The summed E-state index contributed by atoms with van der Waals surface area (Å²) >= 11 is 0. The lowest BCUT2D eigenvalue weighted by atomic mass is 9.98. The second-order valence-corrected chi connectivity index (χ2v) is 5.83. The SMILES string of the molecule is Cc1cc(NC(=O)Cc2ccc3c(c2)CCC(=O)N3C)ccn1. The van der Waals surface area contributed by atoms with E-state index in [0.717, 1.165) is 34.6 Å². The zero-order valence-electron chi connectivity index (χ0n) is 13.3. The van der Waals surface area contributed by atoms with E-state index in [0.29, 0.717) is 12.8 Å². The van der Waals surface area contributed by atoms with Crippen LogP contribution in [0.2, 0.25) is 0 Å². The van der Waals surface area contributed by atoms with Gasteiger partial charge in [-0.3, -0.25) is 14.6 Å². The quantitative estimate of drug-likeness (QED) is 0.947. The number of pyridine rings is 1. The first-order valence-corrected chi connectivity index (χ1v) is 7.64. The number of hydrogen-bond donors (Lipinski definition) is 1. The van der Waals surface area contributed by atoms with Crippen LogP contribution in [0.15, 0.2) is 36.5 Å². The van der Waals surface area contributed by atoms with Crippen molar-refractivity contribution < 1.29 is 9.59 Å². The van der Waals surface area contributed by atoms with Crippen LogP contribution >= 0.6 is 0 Å². The minimum Gasteiger partial charge on any atom is -0.326 e. The van der Waals surface area contributed by atoms with Gasteiger partial charge in [0.1, 0.15) is 0 Å². The van der Waals surface area contributed by atoms with E-state index in [2.05, 4.69) is 10.3 Å². The Hall–Kier alpha value is -2.69. The lowest BCUT2D eigenvalue weighted by Crippen LogP contribution is -2.31. The average Bonchev–Trinajstić information content (AvgIpc) is 2.51. The minimum atomic E-state index is -0.0595. The molecule has 1 aromatic carbocycles. The molecule has 2 heterocycles. The summed E-state index contributed by atoms with van der Waals surface area (Å²) in [5, 5.41) is 2.88. The molecule has 5 heteroatoms. The molecule has 2 amide bonds. The number of rotatable bonds is 3. The van der Waals surface area contributed by atoms with Crippen molar-refractivity contribution in [1.82, 2.24) is 4.98 Å². The highest BCUT2D eigenvalue weighted by molar-refractivity contribution is 5.96. The number of aromatic nitrogens is 1. The van der Waals surface area contributed by atoms with E-state index in [1.165, 1.54) is 0 Å². The molecule has 0 fully saturated rings. The van der Waals surface area contributed by atoms with Crippen LogP contribution in [0.1, 0.15) is 23.2 Å². The molecule has 5 nitrogen and oxygen atoms in total. The normalized spacial score (nSPS) is 13.7. The minimum absolute atomic E-state index is 0.0595. The van der Waals surface area contributed by atoms with Gasteiger partial charge in [-0.15, -0.1) is 0 Å². The number of fused-ring (bicyclic) bond motifs is 1. The summed E-state index contributed by atoms with van der Waals surface area (Å²) in [6.45, 7) is 1.89. The van der Waals surface area contributed by atoms with E-state index >= 15 is 0 Å². The van der Waals surface area contributed by atoms with Crippen molar-refractivity contribution in [2.24, 2.45) is 0 Å². The highest BCUT2D eigenvalue weighted by atomic mass is 16.2. The standard InChI is InChI=1S/C18H19N3O2/c1-12-9-15(7-8-19-12)20-17(22)11-13-3-5-16-14(10-13)4-6-18(23)21(16)2/h3,5,7-10H,4,6,11H2,1-2H3,(H,19,20,22). The van der Waals surface area contributed by atoms with Gasteiger partial charge in [0.15, 0.2) is 0 Å². The highest BCUT2D eigenvalue weighted by Gasteiger charge is 2.21. The van der Waals surface area contributed by atoms with Gasteiger partial charge in [-0.05, 0) is 42.7 Å². The van der Waals surface area contributed by atoms with Crippen molar-refractivity contribution in [3.8, 4) is 0 Å². The third-order valence-corrected chi connectivity index (χ3v) is 4.03. The molecule has 1 aliphatic rings. The van der Waals surface area contributed by atoms with Gasteiger partial charge in [-0.1, -0.05) is 12.1 Å². The average molecular weight is 309 g/mol. The topological polar surface area (TPSA) is 62.3 Å². The predicted octanol–water partition coefficient (Wildman–Crippen LogP) is 2.48. The number of aryl methyl sites for hydroxylation is 2. The summed E-state index contributed by atoms with van der Waals surface area (Å²) in [5.74, 6) is 0.0758. The first kappa shape index (κ1) is 15.2. The van der Waals surface area contributed by atoms with E-state index in [-0.39, 0.29) is 11.8 Å². The van der Waals surface area contributed by atoms with Gasteiger partial charge in [0, 0.05) is 36.7 Å². The zero-order valence-corrected chi connectivity index (χ0v) is 13.3. The summed E-state index contributed by atoms with van der Waals surface area (Å²) in [7, 11) is 1.79. The fourth-order valence-electron chi connectivity index (χ4n) is 2.83. The second kappa shape index (κ2) is 6.20. The monoisotopic (exact) mass is 309 g/mol. The molecule has 1 aromatic heterocycles. The van der Waals surface area contributed by atoms with E-state index in [1.54, 1.807) is 24.2 Å². The Kier molecular flexibility index (Phi) is 4.10. The second-order valence-electron chi connectivity index (χ2n) is 5.83. The molecular formula is C18H19N3O2. The number of benzene rings is 1. The van der Waals surface area contributed by atoms with Gasteiger partial charge in [0.05, 0.1) is 6.42 Å². The molecule has 0 saturated carbocycles. The van der Waals surface area contributed by atoms with Gasteiger partial charge in [-0.2, -0.15) is 0 Å². The van der Waals surface area contributed by atoms with Crippen LogP contribution in [0, 0.1) is 6.92 Å². The van der Waals surface area contributed by atoms with Crippen LogP contribution in [0.3, 0.4) is 0 Å². The van der Waals surface area contributed by atoms with E-state index < -0.39 is 0 Å². The maximum Gasteiger partial charge on any atom is 0.228 e. The van der Waals surface area contributed by atoms with Crippen molar-refractivity contribution in [2.45, 2.75) is 26.2 Å². The molecule has 23 heavy (non-hydrogen) atoms. The Morgan fingerprint density at radius 1 is 1.26 bits per heavy atom. The smallest absolute Gasteiger partial charge is 0.228 e. The first-order valence-electron chi connectivity index (χ1n) is 7.64. The Morgan fingerprint density at radius 3 is 2.87 bits per heavy atom. The number of nitrogens with zero attached hydrogens (tertiary/aromatic N) is 2. The van der Waals surface area contributed by atoms with E-state index in [4.69, 9.17) is 0 Å². The van der Waals surface area contributed by atoms with Gasteiger partial charge in [0.25, 0.3) is 0 Å². The van der Waals surface area contributed by atoms with Gasteiger partial charge in [0.2, 0.25) is 11.8 Å². The Balaban J connectivity index is 1.71.